The van der Waals surface area contributed by atoms with Crippen LogP contribution >= 0.6 is 11.6 Å². The van der Waals surface area contributed by atoms with Gasteiger partial charge in [-0.25, -0.2) is 0 Å². The fraction of sp³-hybridized carbons (Fsp3) is 0.467. The number of aliphatic hydroxyl groups excluding tert-OH is 2. The minimum absolute atomic E-state index is 0.0845. The third-order valence-electron chi connectivity index (χ3n) is 4.08. The van der Waals surface area contributed by atoms with Gasteiger partial charge >= 0.3 is 0 Å². The van der Waals surface area contributed by atoms with E-state index in [1.807, 2.05) is 18.2 Å². The van der Waals surface area contributed by atoms with Gasteiger partial charge < -0.3 is 14.8 Å². The van der Waals surface area contributed by atoms with Crippen molar-refractivity contribution in [2.75, 3.05) is 19.7 Å². The average molecular weight is 295 g/mol. The Bertz CT molecular complexity index is 599. The molecule has 0 aliphatic carbocycles. The van der Waals surface area contributed by atoms with Crippen LogP contribution in [0.3, 0.4) is 0 Å². The van der Waals surface area contributed by atoms with Crippen molar-refractivity contribution in [3.63, 3.8) is 0 Å². The van der Waals surface area contributed by atoms with Crippen LogP contribution in [0.15, 0.2) is 30.5 Å². The van der Waals surface area contributed by atoms with Crippen LogP contribution < -0.4 is 0 Å². The molecular weight excluding hydrogens is 276 g/mol. The lowest BCUT2D eigenvalue weighted by molar-refractivity contribution is 0.152. The molecule has 1 aliphatic heterocycles. The van der Waals surface area contributed by atoms with Crippen molar-refractivity contribution in [2.24, 2.45) is 0 Å². The molecule has 1 fully saturated rings. The molecule has 1 aromatic carbocycles. The lowest BCUT2D eigenvalue weighted by atomic mass is 10.2. The minimum Gasteiger partial charge on any atom is -0.395 e. The molecule has 0 bridgehead atoms. The van der Waals surface area contributed by atoms with Gasteiger partial charge in [0.15, 0.2) is 0 Å². The number of nitrogens with zero attached hydrogens (tertiary/aromatic N) is 2. The van der Waals surface area contributed by atoms with Gasteiger partial charge in [0.05, 0.1) is 12.7 Å². The number of β-amino-alcohol motifs (C(OH)–C–C–N with tert-alkyl or cyclic N) is 1. The van der Waals surface area contributed by atoms with Gasteiger partial charge in [0, 0.05) is 47.8 Å². The molecule has 2 aromatic rings. The standard InChI is InChI=1S/C15H19ClN2O2/c16-12-1-2-15-11(7-12)3-4-17(15)5-6-18-9-14(20)8-13(18)10-19/h1-4,7,13-14,19-20H,5-6,8-10H2/t13-,14-/m0/s1. The topological polar surface area (TPSA) is 48.6 Å². The van der Waals surface area contributed by atoms with Crippen molar-refractivity contribution < 1.29 is 10.2 Å². The number of hydrogen-bond donors (Lipinski definition) is 2. The Kier molecular flexibility index (Phi) is 3.98. The molecule has 108 valence electrons. The van der Waals surface area contributed by atoms with Crippen LogP contribution in [0.5, 0.6) is 0 Å². The Morgan fingerprint density at radius 1 is 1.25 bits per heavy atom. The van der Waals surface area contributed by atoms with E-state index in [1.165, 1.54) is 0 Å². The van der Waals surface area contributed by atoms with Crippen LogP contribution in [0.2, 0.25) is 5.02 Å². The molecule has 2 N–H and O–H groups in total. The first kappa shape index (κ1) is 13.9. The van der Waals surface area contributed by atoms with Crippen molar-refractivity contribution in [3.05, 3.63) is 35.5 Å². The smallest absolute Gasteiger partial charge is 0.0683 e. The van der Waals surface area contributed by atoms with Crippen molar-refractivity contribution in [3.8, 4) is 0 Å². The zero-order chi connectivity index (χ0) is 14.1. The van der Waals surface area contributed by atoms with Crippen LogP contribution in [-0.2, 0) is 6.54 Å². The first-order valence-electron chi connectivity index (χ1n) is 6.95. The van der Waals surface area contributed by atoms with Crippen molar-refractivity contribution in [1.82, 2.24) is 9.47 Å². The van der Waals surface area contributed by atoms with E-state index in [0.717, 1.165) is 29.0 Å². The van der Waals surface area contributed by atoms with Gasteiger partial charge in [0.25, 0.3) is 0 Å². The van der Waals surface area contributed by atoms with Gasteiger partial charge in [0.1, 0.15) is 0 Å². The van der Waals surface area contributed by atoms with Gasteiger partial charge in [0.2, 0.25) is 0 Å². The van der Waals surface area contributed by atoms with E-state index in [1.54, 1.807) is 0 Å². The SMILES string of the molecule is OC[C@@H]1C[C@H](O)CN1CCn1ccc2cc(Cl)ccc21. The summed E-state index contributed by atoms with van der Waals surface area (Å²) in [5, 5.41) is 20.9. The van der Waals surface area contributed by atoms with E-state index in [0.29, 0.717) is 13.0 Å². The monoisotopic (exact) mass is 294 g/mol. The summed E-state index contributed by atoms with van der Waals surface area (Å²) in [4.78, 5) is 2.16. The number of rotatable bonds is 4. The Balaban J connectivity index is 1.71. The molecular formula is C15H19ClN2O2. The molecule has 0 spiro atoms. The Morgan fingerprint density at radius 2 is 2.10 bits per heavy atom. The van der Waals surface area contributed by atoms with E-state index < -0.39 is 0 Å². The number of likely N-dealkylation sites (tertiary alicyclic amines) is 1. The second-order valence-corrected chi connectivity index (χ2v) is 5.87. The van der Waals surface area contributed by atoms with Gasteiger partial charge in [-0.3, -0.25) is 4.90 Å². The number of hydrogen-bond acceptors (Lipinski definition) is 3. The minimum atomic E-state index is -0.313. The number of benzene rings is 1. The van der Waals surface area contributed by atoms with Gasteiger partial charge in [-0.2, -0.15) is 0 Å². The molecule has 5 heteroatoms. The summed E-state index contributed by atoms with van der Waals surface area (Å²) in [6.07, 6.45) is 2.41. The summed E-state index contributed by atoms with van der Waals surface area (Å²) in [7, 11) is 0. The van der Waals surface area contributed by atoms with Gasteiger partial charge in [-0.15, -0.1) is 0 Å². The molecule has 4 nitrogen and oxygen atoms in total. The highest BCUT2D eigenvalue weighted by Crippen LogP contribution is 2.21. The maximum atomic E-state index is 9.69. The van der Waals surface area contributed by atoms with Crippen LogP contribution in [-0.4, -0.2) is 51.5 Å². The molecule has 1 aliphatic rings. The Hall–Kier alpha value is -1.07. The molecule has 20 heavy (non-hydrogen) atoms. The summed E-state index contributed by atoms with van der Waals surface area (Å²) in [6.45, 7) is 2.43. The third-order valence-corrected chi connectivity index (χ3v) is 4.31. The second kappa shape index (κ2) is 5.74. The fourth-order valence-electron chi connectivity index (χ4n) is 3.02. The Labute approximate surface area is 123 Å². The highest BCUT2D eigenvalue weighted by molar-refractivity contribution is 6.31. The van der Waals surface area contributed by atoms with E-state index >= 15 is 0 Å². The first-order valence-corrected chi connectivity index (χ1v) is 7.32. The zero-order valence-electron chi connectivity index (χ0n) is 11.2. The van der Waals surface area contributed by atoms with E-state index in [2.05, 4.69) is 21.7 Å². The molecule has 0 unspecified atom stereocenters. The number of fused-ring (bicyclic) bond motifs is 1. The van der Waals surface area contributed by atoms with E-state index in [9.17, 15) is 10.2 Å². The number of aliphatic hydroxyl groups is 2. The molecule has 2 heterocycles. The normalized spacial score (nSPS) is 23.8. The van der Waals surface area contributed by atoms with Crippen LogP contribution in [0.4, 0.5) is 0 Å². The van der Waals surface area contributed by atoms with E-state index in [4.69, 9.17) is 11.6 Å². The predicted molar refractivity (Wildman–Crippen MR) is 80.0 cm³/mol. The number of aromatic nitrogens is 1. The maximum absolute atomic E-state index is 9.69. The molecule has 1 saturated heterocycles. The van der Waals surface area contributed by atoms with Crippen LogP contribution in [0.1, 0.15) is 6.42 Å². The summed E-state index contributed by atoms with van der Waals surface area (Å²) in [5.41, 5.74) is 1.16. The average Bonchev–Trinajstić information content (AvgIpc) is 2.99. The van der Waals surface area contributed by atoms with Crippen LogP contribution in [0, 0.1) is 0 Å². The highest BCUT2D eigenvalue weighted by Gasteiger charge is 2.29. The molecule has 1 aromatic heterocycles. The largest absolute Gasteiger partial charge is 0.395 e. The number of halogens is 1. The lowest BCUT2D eigenvalue weighted by Gasteiger charge is -2.22. The molecule has 0 radical (unpaired) electrons. The Morgan fingerprint density at radius 3 is 2.90 bits per heavy atom. The van der Waals surface area contributed by atoms with Crippen LogP contribution in [0.25, 0.3) is 10.9 Å². The summed E-state index contributed by atoms with van der Waals surface area (Å²) < 4.78 is 2.19. The van der Waals surface area contributed by atoms with Gasteiger partial charge in [-0.1, -0.05) is 11.6 Å². The fourth-order valence-corrected chi connectivity index (χ4v) is 3.20. The van der Waals surface area contributed by atoms with Gasteiger partial charge in [-0.05, 0) is 30.7 Å². The quantitative estimate of drug-likeness (QED) is 0.903. The van der Waals surface area contributed by atoms with Crippen molar-refractivity contribution in [1.29, 1.82) is 0 Å². The lowest BCUT2D eigenvalue weighted by Crippen LogP contribution is -2.35. The third kappa shape index (κ3) is 2.69. The van der Waals surface area contributed by atoms with E-state index in [-0.39, 0.29) is 18.8 Å². The highest BCUT2D eigenvalue weighted by atomic mass is 35.5. The summed E-state index contributed by atoms with van der Waals surface area (Å²) in [6, 6.07) is 8.03. The second-order valence-electron chi connectivity index (χ2n) is 5.43. The maximum Gasteiger partial charge on any atom is 0.0683 e. The van der Waals surface area contributed by atoms with Crippen molar-refractivity contribution >= 4 is 22.5 Å². The molecule has 2 atom stereocenters. The van der Waals surface area contributed by atoms with Crippen molar-refractivity contribution in [2.45, 2.75) is 25.1 Å². The summed E-state index contributed by atoms with van der Waals surface area (Å²) >= 11 is 5.99. The molecule has 0 amide bonds. The molecule has 3 rings (SSSR count). The summed E-state index contributed by atoms with van der Waals surface area (Å²) in [5.74, 6) is 0. The zero-order valence-corrected chi connectivity index (χ0v) is 12.0. The predicted octanol–water partition coefficient (Wildman–Crippen LogP) is 1.72. The molecule has 0 saturated carbocycles. The first-order chi connectivity index (χ1) is 9.67.